The van der Waals surface area contributed by atoms with Crippen LogP contribution in [0.15, 0.2) is 23.6 Å². The van der Waals surface area contributed by atoms with Gasteiger partial charge in [0.1, 0.15) is 5.69 Å². The van der Waals surface area contributed by atoms with Crippen LogP contribution < -0.4 is 0 Å². The number of nitrogens with zero attached hydrogens (tertiary/aromatic N) is 1. The van der Waals surface area contributed by atoms with Crippen molar-refractivity contribution in [2.24, 2.45) is 0 Å². The van der Waals surface area contributed by atoms with Gasteiger partial charge in [0.2, 0.25) is 0 Å². The van der Waals surface area contributed by atoms with E-state index in [1.165, 1.54) is 18.3 Å². The van der Waals surface area contributed by atoms with Crippen LogP contribution in [0, 0.1) is 6.92 Å². The lowest BCUT2D eigenvalue weighted by atomic mass is 10.0. The molecule has 3 nitrogen and oxygen atoms in total. The standard InChI is InChI=1S/C14H12F3NO2S/c1-3-20-13(19)12-8(2)18-11(14(15,16)17)7-9(12)10-5-4-6-21-10/h4-7H,3H2,1-2H3. The molecule has 112 valence electrons. The van der Waals surface area contributed by atoms with Crippen LogP contribution in [0.4, 0.5) is 13.2 Å². The first-order valence-corrected chi connectivity index (χ1v) is 7.02. The van der Waals surface area contributed by atoms with E-state index in [4.69, 9.17) is 4.74 Å². The first kappa shape index (κ1) is 15.5. The SMILES string of the molecule is CCOC(=O)c1c(-c2cccs2)cc(C(F)(F)F)nc1C. The molecule has 0 atom stereocenters. The topological polar surface area (TPSA) is 39.2 Å². The van der Waals surface area contributed by atoms with Crippen LogP contribution in [0.2, 0.25) is 0 Å². The second kappa shape index (κ2) is 5.85. The van der Waals surface area contributed by atoms with E-state index >= 15 is 0 Å². The van der Waals surface area contributed by atoms with Crippen molar-refractivity contribution in [2.45, 2.75) is 20.0 Å². The average Bonchev–Trinajstić information content (AvgIpc) is 2.90. The number of alkyl halides is 3. The van der Waals surface area contributed by atoms with Crippen LogP contribution in [-0.4, -0.2) is 17.6 Å². The van der Waals surface area contributed by atoms with Gasteiger partial charge in [0, 0.05) is 10.4 Å². The Hall–Kier alpha value is -1.89. The van der Waals surface area contributed by atoms with E-state index in [1.807, 2.05) is 0 Å². The number of aryl methyl sites for hydroxylation is 1. The fourth-order valence-corrected chi connectivity index (χ4v) is 2.65. The maximum Gasteiger partial charge on any atom is 0.433 e. The summed E-state index contributed by atoms with van der Waals surface area (Å²) in [6.07, 6.45) is -4.57. The lowest BCUT2D eigenvalue weighted by Gasteiger charge is -2.14. The molecule has 0 radical (unpaired) electrons. The summed E-state index contributed by atoms with van der Waals surface area (Å²) in [5, 5.41) is 1.73. The molecule has 0 spiro atoms. The minimum Gasteiger partial charge on any atom is -0.462 e. The molecule has 0 bridgehead atoms. The van der Waals surface area contributed by atoms with Gasteiger partial charge in [0.25, 0.3) is 0 Å². The average molecular weight is 315 g/mol. The van der Waals surface area contributed by atoms with Crippen molar-refractivity contribution in [1.29, 1.82) is 0 Å². The van der Waals surface area contributed by atoms with Crippen molar-refractivity contribution in [3.63, 3.8) is 0 Å². The van der Waals surface area contributed by atoms with E-state index in [-0.39, 0.29) is 23.4 Å². The third kappa shape index (κ3) is 3.24. The highest BCUT2D eigenvalue weighted by atomic mass is 32.1. The summed E-state index contributed by atoms with van der Waals surface area (Å²) in [6.45, 7) is 3.15. The molecule has 0 amide bonds. The third-order valence-corrected chi connectivity index (χ3v) is 3.66. The lowest BCUT2D eigenvalue weighted by molar-refractivity contribution is -0.141. The van der Waals surface area contributed by atoms with Crippen molar-refractivity contribution in [3.8, 4) is 10.4 Å². The van der Waals surface area contributed by atoms with Gasteiger partial charge in [0.15, 0.2) is 0 Å². The molecule has 0 aliphatic rings. The Morgan fingerprint density at radius 1 is 1.43 bits per heavy atom. The number of esters is 1. The molecular weight excluding hydrogens is 303 g/mol. The number of hydrogen-bond acceptors (Lipinski definition) is 4. The summed E-state index contributed by atoms with van der Waals surface area (Å²) >= 11 is 1.25. The number of pyridine rings is 1. The molecule has 0 saturated carbocycles. The predicted molar refractivity (Wildman–Crippen MR) is 73.2 cm³/mol. The monoisotopic (exact) mass is 315 g/mol. The first-order chi connectivity index (χ1) is 9.84. The summed E-state index contributed by atoms with van der Waals surface area (Å²) in [7, 11) is 0. The van der Waals surface area contributed by atoms with Gasteiger partial charge in [-0.25, -0.2) is 9.78 Å². The zero-order valence-corrected chi connectivity index (χ0v) is 12.1. The summed E-state index contributed by atoms with van der Waals surface area (Å²) in [6, 6.07) is 4.26. The molecule has 0 N–H and O–H groups in total. The minimum absolute atomic E-state index is 0.00618. The maximum absolute atomic E-state index is 12.9. The fraction of sp³-hybridized carbons (Fsp3) is 0.286. The summed E-state index contributed by atoms with van der Waals surface area (Å²) < 4.78 is 43.6. The second-order valence-corrected chi connectivity index (χ2v) is 5.16. The van der Waals surface area contributed by atoms with Crippen LogP contribution >= 0.6 is 11.3 Å². The molecule has 7 heteroatoms. The van der Waals surface area contributed by atoms with E-state index < -0.39 is 17.8 Å². The zero-order chi connectivity index (χ0) is 15.6. The summed E-state index contributed by atoms with van der Waals surface area (Å²) in [5.41, 5.74) is -0.737. The quantitative estimate of drug-likeness (QED) is 0.792. The van der Waals surface area contributed by atoms with Crippen molar-refractivity contribution in [2.75, 3.05) is 6.61 Å². The molecule has 0 saturated heterocycles. The van der Waals surface area contributed by atoms with Gasteiger partial charge < -0.3 is 4.74 Å². The number of carbonyl (C=O) groups is 1. The molecule has 21 heavy (non-hydrogen) atoms. The number of ether oxygens (including phenoxy) is 1. The number of carbonyl (C=O) groups excluding carboxylic acids is 1. The molecule has 0 aromatic carbocycles. The van der Waals surface area contributed by atoms with Crippen LogP contribution in [0.1, 0.15) is 28.7 Å². The Kier molecular flexibility index (Phi) is 4.32. The van der Waals surface area contributed by atoms with Crippen molar-refractivity contribution >= 4 is 17.3 Å². The van der Waals surface area contributed by atoms with Gasteiger partial charge in [-0.3, -0.25) is 0 Å². The van der Waals surface area contributed by atoms with Gasteiger partial charge in [-0.15, -0.1) is 11.3 Å². The summed E-state index contributed by atoms with van der Waals surface area (Å²) in [5.74, 6) is -0.667. The molecule has 2 rings (SSSR count). The molecule has 2 aromatic rings. The van der Waals surface area contributed by atoms with Gasteiger partial charge >= 0.3 is 12.1 Å². The van der Waals surface area contributed by atoms with E-state index in [1.54, 1.807) is 24.4 Å². The minimum atomic E-state index is -4.57. The Bertz CT molecular complexity index is 651. The third-order valence-electron chi connectivity index (χ3n) is 2.76. The van der Waals surface area contributed by atoms with Gasteiger partial charge in [0.05, 0.1) is 17.9 Å². The molecule has 0 aliphatic heterocycles. The molecule has 2 heterocycles. The van der Waals surface area contributed by atoms with E-state index in [2.05, 4.69) is 4.98 Å². The first-order valence-electron chi connectivity index (χ1n) is 6.14. The van der Waals surface area contributed by atoms with E-state index in [9.17, 15) is 18.0 Å². The van der Waals surface area contributed by atoms with Crippen molar-refractivity contribution in [1.82, 2.24) is 4.98 Å². The Morgan fingerprint density at radius 3 is 2.67 bits per heavy atom. The molecule has 0 aliphatic carbocycles. The van der Waals surface area contributed by atoms with Crippen molar-refractivity contribution in [3.05, 3.63) is 40.5 Å². The van der Waals surface area contributed by atoms with E-state index in [0.717, 1.165) is 6.07 Å². The highest BCUT2D eigenvalue weighted by Crippen LogP contribution is 2.35. The fourth-order valence-electron chi connectivity index (χ4n) is 1.90. The second-order valence-electron chi connectivity index (χ2n) is 4.21. The molecule has 2 aromatic heterocycles. The van der Waals surface area contributed by atoms with Gasteiger partial charge in [-0.2, -0.15) is 13.2 Å². The Balaban J connectivity index is 2.67. The maximum atomic E-state index is 12.9. The number of hydrogen-bond donors (Lipinski definition) is 0. The molecular formula is C14H12F3NO2S. The van der Waals surface area contributed by atoms with E-state index in [0.29, 0.717) is 4.88 Å². The summed E-state index contributed by atoms with van der Waals surface area (Å²) in [4.78, 5) is 16.1. The zero-order valence-electron chi connectivity index (χ0n) is 11.3. The number of halogens is 3. The van der Waals surface area contributed by atoms with Crippen LogP contribution in [0.5, 0.6) is 0 Å². The molecule has 0 fully saturated rings. The largest absolute Gasteiger partial charge is 0.462 e. The highest BCUT2D eigenvalue weighted by molar-refractivity contribution is 7.13. The van der Waals surface area contributed by atoms with Crippen molar-refractivity contribution < 1.29 is 22.7 Å². The number of thiophene rings is 1. The lowest BCUT2D eigenvalue weighted by Crippen LogP contribution is -2.15. The van der Waals surface area contributed by atoms with Crippen LogP contribution in [0.25, 0.3) is 10.4 Å². The van der Waals surface area contributed by atoms with Crippen LogP contribution in [-0.2, 0) is 10.9 Å². The normalized spacial score (nSPS) is 11.5. The number of rotatable bonds is 3. The van der Waals surface area contributed by atoms with Gasteiger partial charge in [-0.1, -0.05) is 6.07 Å². The Labute approximate surface area is 123 Å². The number of aromatic nitrogens is 1. The molecule has 0 unspecified atom stereocenters. The highest BCUT2D eigenvalue weighted by Gasteiger charge is 2.35. The predicted octanol–water partition coefficient (Wildman–Crippen LogP) is 4.31. The Morgan fingerprint density at radius 2 is 2.14 bits per heavy atom. The van der Waals surface area contributed by atoms with Gasteiger partial charge in [-0.05, 0) is 31.4 Å². The smallest absolute Gasteiger partial charge is 0.433 e. The van der Waals surface area contributed by atoms with Crippen LogP contribution in [0.3, 0.4) is 0 Å².